The Morgan fingerprint density at radius 3 is 1.79 bits per heavy atom. The molecule has 0 N–H and O–H groups in total. The maximum Gasteiger partial charge on any atom is 0.224 e. The van der Waals surface area contributed by atoms with E-state index in [4.69, 9.17) is 23.2 Å². The first-order valence-electron chi connectivity index (χ1n) is 4.95. The van der Waals surface area contributed by atoms with Crippen molar-refractivity contribution in [3.8, 4) is 0 Å². The Labute approximate surface area is 95.0 Å². The molecule has 0 saturated heterocycles. The average Bonchev–Trinajstić information content (AvgIpc) is 2.20. The highest BCUT2D eigenvalue weighted by molar-refractivity contribution is 6.64. The van der Waals surface area contributed by atoms with Gasteiger partial charge in [0.15, 0.2) is 0 Å². The van der Waals surface area contributed by atoms with Gasteiger partial charge >= 0.3 is 0 Å². The van der Waals surface area contributed by atoms with Gasteiger partial charge in [-0.15, -0.1) is 0 Å². The number of carbonyl (C=O) groups excluding carboxylic acids is 2. The second-order valence-electron chi connectivity index (χ2n) is 3.35. The van der Waals surface area contributed by atoms with Crippen LogP contribution in [-0.2, 0) is 9.59 Å². The Hall–Kier alpha value is -0.0800. The van der Waals surface area contributed by atoms with Gasteiger partial charge in [0, 0.05) is 12.3 Å². The van der Waals surface area contributed by atoms with E-state index in [9.17, 15) is 9.59 Å². The molecule has 1 fully saturated rings. The summed E-state index contributed by atoms with van der Waals surface area (Å²) in [5.41, 5.74) is 0. The minimum Gasteiger partial charge on any atom is -0.281 e. The third kappa shape index (κ3) is 7.34. The lowest BCUT2D eigenvalue weighted by Crippen LogP contribution is -2.12. The Bertz CT molecular complexity index is 187. The molecule has 1 aliphatic rings. The highest BCUT2D eigenvalue weighted by Gasteiger charge is 2.18. The highest BCUT2D eigenvalue weighted by atomic mass is 35.5. The van der Waals surface area contributed by atoms with Crippen LogP contribution in [0.2, 0.25) is 0 Å². The summed E-state index contributed by atoms with van der Waals surface area (Å²) in [7, 11) is 0. The van der Waals surface area contributed by atoms with E-state index in [1.165, 1.54) is 19.3 Å². The van der Waals surface area contributed by atoms with Crippen molar-refractivity contribution >= 4 is 33.7 Å². The Kier molecular flexibility index (Phi) is 8.20. The number of hydrogen-bond donors (Lipinski definition) is 0. The zero-order chi connectivity index (χ0) is 11.0. The van der Waals surface area contributed by atoms with Gasteiger partial charge in [-0.2, -0.15) is 0 Å². The normalized spacial score (nSPS) is 16.8. The summed E-state index contributed by atoms with van der Waals surface area (Å²) in [5.74, 6) is 0.181. The lowest BCUT2D eigenvalue weighted by Gasteiger charge is -2.16. The first kappa shape index (κ1) is 13.9. The van der Waals surface area contributed by atoms with Gasteiger partial charge in [0.25, 0.3) is 0 Å². The van der Waals surface area contributed by atoms with Crippen LogP contribution in [0.1, 0.15) is 45.4 Å². The molecule has 14 heavy (non-hydrogen) atoms. The maximum atomic E-state index is 10.6. The summed E-state index contributed by atoms with van der Waals surface area (Å²) in [6.45, 7) is 1.72. The van der Waals surface area contributed by atoms with Crippen LogP contribution in [0.15, 0.2) is 0 Å². The molecule has 2 nitrogen and oxygen atoms in total. The topological polar surface area (TPSA) is 34.1 Å². The van der Waals surface area contributed by atoms with E-state index in [0.717, 1.165) is 12.8 Å². The molecule has 1 rings (SSSR count). The smallest absolute Gasteiger partial charge is 0.224 e. The molecular weight excluding hydrogens is 223 g/mol. The predicted molar refractivity (Wildman–Crippen MR) is 58.6 cm³/mol. The zero-order valence-electron chi connectivity index (χ0n) is 8.39. The minimum atomic E-state index is -0.273. The maximum absolute atomic E-state index is 10.6. The third-order valence-corrected chi connectivity index (χ3v) is 2.78. The van der Waals surface area contributed by atoms with Gasteiger partial charge in [-0.3, -0.25) is 9.59 Å². The molecule has 0 unspecified atom stereocenters. The minimum absolute atomic E-state index is 0.130. The van der Waals surface area contributed by atoms with Gasteiger partial charge in [-0.25, -0.2) is 0 Å². The van der Waals surface area contributed by atoms with E-state index < -0.39 is 0 Å². The number of halogens is 2. The van der Waals surface area contributed by atoms with Crippen molar-refractivity contribution in [3.05, 3.63) is 0 Å². The fourth-order valence-electron chi connectivity index (χ4n) is 1.33. The second kappa shape index (κ2) is 8.25. The molecule has 0 aromatic rings. The molecule has 0 heterocycles. The summed E-state index contributed by atoms with van der Waals surface area (Å²) < 4.78 is 0. The van der Waals surface area contributed by atoms with Gasteiger partial charge in [0.05, 0.1) is 0 Å². The van der Waals surface area contributed by atoms with Crippen LogP contribution in [0.25, 0.3) is 0 Å². The van der Waals surface area contributed by atoms with Gasteiger partial charge < -0.3 is 0 Å². The van der Waals surface area contributed by atoms with E-state index in [1.54, 1.807) is 6.92 Å². The number of carbonyl (C=O) groups is 2. The molecule has 1 saturated carbocycles. The highest BCUT2D eigenvalue weighted by Crippen LogP contribution is 2.24. The molecule has 0 spiro atoms. The SMILES string of the molecule is CCC(=O)Cl.O=C(Cl)C1CCCCC1. The standard InChI is InChI=1S/C7H11ClO.C3H5ClO/c8-7(9)6-4-2-1-3-5-6;1-2-3(4)5/h6H,1-5H2;2H2,1H3. The molecule has 82 valence electrons. The van der Waals surface area contributed by atoms with Crippen LogP contribution in [-0.4, -0.2) is 10.5 Å². The first-order valence-corrected chi connectivity index (χ1v) is 5.71. The lowest BCUT2D eigenvalue weighted by atomic mass is 9.90. The fraction of sp³-hybridized carbons (Fsp3) is 0.800. The Morgan fingerprint density at radius 2 is 1.57 bits per heavy atom. The van der Waals surface area contributed by atoms with Crippen LogP contribution in [0.5, 0.6) is 0 Å². The molecule has 1 aliphatic carbocycles. The largest absolute Gasteiger partial charge is 0.281 e. The molecule has 0 amide bonds. The van der Waals surface area contributed by atoms with Gasteiger partial charge in [-0.1, -0.05) is 26.2 Å². The van der Waals surface area contributed by atoms with Crippen LogP contribution >= 0.6 is 23.2 Å². The summed E-state index contributed by atoms with van der Waals surface area (Å²) in [4.78, 5) is 20.1. The quantitative estimate of drug-likeness (QED) is 0.691. The summed E-state index contributed by atoms with van der Waals surface area (Å²) in [6.07, 6.45) is 6.11. The van der Waals surface area contributed by atoms with Crippen LogP contribution < -0.4 is 0 Å². The van der Waals surface area contributed by atoms with Gasteiger partial charge in [0.2, 0.25) is 10.5 Å². The van der Waals surface area contributed by atoms with Crippen molar-refractivity contribution in [1.29, 1.82) is 0 Å². The predicted octanol–water partition coefficient (Wildman–Crippen LogP) is 3.49. The van der Waals surface area contributed by atoms with Crippen molar-refractivity contribution in [2.24, 2.45) is 5.92 Å². The summed E-state index contributed by atoms with van der Waals surface area (Å²) in [6, 6.07) is 0. The Morgan fingerprint density at radius 1 is 1.14 bits per heavy atom. The van der Waals surface area contributed by atoms with Crippen molar-refractivity contribution in [1.82, 2.24) is 0 Å². The third-order valence-electron chi connectivity index (χ3n) is 2.20. The first-order chi connectivity index (χ1) is 6.57. The summed E-state index contributed by atoms with van der Waals surface area (Å²) in [5, 5.41) is -0.403. The van der Waals surface area contributed by atoms with E-state index in [1.807, 2.05) is 0 Å². The molecule has 4 heteroatoms. The molecule has 0 aliphatic heterocycles. The second-order valence-corrected chi connectivity index (χ2v) is 4.14. The van der Waals surface area contributed by atoms with E-state index in [0.29, 0.717) is 6.42 Å². The lowest BCUT2D eigenvalue weighted by molar-refractivity contribution is -0.116. The van der Waals surface area contributed by atoms with Crippen molar-refractivity contribution in [2.45, 2.75) is 45.4 Å². The van der Waals surface area contributed by atoms with E-state index >= 15 is 0 Å². The van der Waals surface area contributed by atoms with Crippen molar-refractivity contribution in [2.75, 3.05) is 0 Å². The average molecular weight is 239 g/mol. The van der Waals surface area contributed by atoms with E-state index in [2.05, 4.69) is 0 Å². The van der Waals surface area contributed by atoms with Crippen molar-refractivity contribution < 1.29 is 9.59 Å². The van der Waals surface area contributed by atoms with Crippen LogP contribution in [0.3, 0.4) is 0 Å². The monoisotopic (exact) mass is 238 g/mol. The molecule has 0 radical (unpaired) electrons. The number of rotatable bonds is 2. The Balaban J connectivity index is 0.000000292. The molecule has 0 bridgehead atoms. The van der Waals surface area contributed by atoms with Crippen molar-refractivity contribution in [3.63, 3.8) is 0 Å². The zero-order valence-corrected chi connectivity index (χ0v) is 9.90. The molecule has 0 aromatic carbocycles. The fourth-order valence-corrected chi connectivity index (χ4v) is 1.55. The van der Waals surface area contributed by atoms with Crippen LogP contribution in [0, 0.1) is 5.92 Å². The van der Waals surface area contributed by atoms with Gasteiger partial charge in [0.1, 0.15) is 0 Å². The molecular formula is C10H16Cl2O2. The molecule has 0 aromatic heterocycles. The molecule has 0 atom stereocenters. The van der Waals surface area contributed by atoms with E-state index in [-0.39, 0.29) is 16.4 Å². The van der Waals surface area contributed by atoms with Crippen LogP contribution in [0.4, 0.5) is 0 Å². The van der Waals surface area contributed by atoms with Gasteiger partial charge in [-0.05, 0) is 36.0 Å². The number of hydrogen-bond acceptors (Lipinski definition) is 2. The summed E-state index contributed by atoms with van der Waals surface area (Å²) >= 11 is 10.1.